The molecule has 1 fully saturated rings. The highest BCUT2D eigenvalue weighted by Crippen LogP contribution is 2.58. The van der Waals surface area contributed by atoms with E-state index in [1.807, 2.05) is 0 Å². The predicted molar refractivity (Wildman–Crippen MR) is 78.6 cm³/mol. The lowest BCUT2D eigenvalue weighted by molar-refractivity contribution is -0.123. The zero-order valence-corrected chi connectivity index (χ0v) is 11.8. The van der Waals surface area contributed by atoms with Gasteiger partial charge in [-0.3, -0.25) is 4.79 Å². The molecule has 0 saturated heterocycles. The fourth-order valence-electron chi connectivity index (χ4n) is 4.91. The SMILES string of the molecule is NC(=O)C1CCC2=CC3=C4C=CCCC4(CCN3)C2C1. The van der Waals surface area contributed by atoms with E-state index < -0.39 is 0 Å². The van der Waals surface area contributed by atoms with Crippen LogP contribution in [0.25, 0.3) is 0 Å². The van der Waals surface area contributed by atoms with Gasteiger partial charge in [-0.1, -0.05) is 17.7 Å². The van der Waals surface area contributed by atoms with Crippen LogP contribution in [0.15, 0.2) is 35.1 Å². The number of carbonyl (C=O) groups excluding carboxylic acids is 1. The molecule has 1 aliphatic heterocycles. The van der Waals surface area contributed by atoms with Crippen molar-refractivity contribution in [3.8, 4) is 0 Å². The number of hydrogen-bond donors (Lipinski definition) is 2. The second-order valence-corrected chi connectivity index (χ2v) is 6.75. The number of primary amides is 1. The highest BCUT2D eigenvalue weighted by molar-refractivity contribution is 5.77. The number of carbonyl (C=O) groups is 1. The highest BCUT2D eigenvalue weighted by Gasteiger charge is 2.50. The summed E-state index contributed by atoms with van der Waals surface area (Å²) in [5, 5.41) is 3.57. The van der Waals surface area contributed by atoms with Gasteiger partial charge in [0, 0.05) is 23.6 Å². The Hall–Kier alpha value is -1.51. The Bertz CT molecular complexity index is 557. The van der Waals surface area contributed by atoms with Gasteiger partial charge in [-0.2, -0.15) is 0 Å². The summed E-state index contributed by atoms with van der Waals surface area (Å²) < 4.78 is 0. The Morgan fingerprint density at radius 1 is 1.40 bits per heavy atom. The highest BCUT2D eigenvalue weighted by atomic mass is 16.1. The predicted octanol–water partition coefficient (Wildman–Crippen LogP) is 2.41. The summed E-state index contributed by atoms with van der Waals surface area (Å²) >= 11 is 0. The maximum absolute atomic E-state index is 11.6. The van der Waals surface area contributed by atoms with Crippen molar-refractivity contribution in [2.75, 3.05) is 6.54 Å². The van der Waals surface area contributed by atoms with E-state index in [9.17, 15) is 4.79 Å². The molecule has 2 bridgehead atoms. The van der Waals surface area contributed by atoms with E-state index in [1.54, 1.807) is 5.57 Å². The molecule has 1 amide bonds. The van der Waals surface area contributed by atoms with Crippen molar-refractivity contribution >= 4 is 5.91 Å². The van der Waals surface area contributed by atoms with Gasteiger partial charge in [0.1, 0.15) is 0 Å². The van der Waals surface area contributed by atoms with Crippen molar-refractivity contribution in [3.05, 3.63) is 35.1 Å². The van der Waals surface area contributed by atoms with Crippen LogP contribution in [-0.2, 0) is 4.79 Å². The van der Waals surface area contributed by atoms with Gasteiger partial charge in [-0.05, 0) is 56.1 Å². The molecule has 4 aliphatic rings. The molecule has 4 rings (SSSR count). The molecule has 1 saturated carbocycles. The minimum Gasteiger partial charge on any atom is -0.385 e. The van der Waals surface area contributed by atoms with Gasteiger partial charge < -0.3 is 11.1 Å². The van der Waals surface area contributed by atoms with Gasteiger partial charge in [-0.25, -0.2) is 0 Å². The van der Waals surface area contributed by atoms with E-state index in [0.717, 1.165) is 25.8 Å². The Labute approximate surface area is 120 Å². The average molecular weight is 270 g/mol. The lowest BCUT2D eigenvalue weighted by Gasteiger charge is -2.53. The third-order valence-corrected chi connectivity index (χ3v) is 5.90. The third-order valence-electron chi connectivity index (χ3n) is 5.90. The molecule has 0 aromatic heterocycles. The lowest BCUT2D eigenvalue weighted by atomic mass is 9.53. The van der Waals surface area contributed by atoms with Crippen LogP contribution in [-0.4, -0.2) is 12.5 Å². The molecule has 0 aromatic rings. The van der Waals surface area contributed by atoms with Crippen LogP contribution in [0.5, 0.6) is 0 Å². The molecule has 3 unspecified atom stereocenters. The number of rotatable bonds is 1. The average Bonchev–Trinajstić information content (AvgIpc) is 2.46. The monoisotopic (exact) mass is 270 g/mol. The second kappa shape index (κ2) is 4.24. The van der Waals surface area contributed by atoms with Crippen LogP contribution in [0.3, 0.4) is 0 Å². The number of amides is 1. The lowest BCUT2D eigenvalue weighted by Crippen LogP contribution is -2.48. The first kappa shape index (κ1) is 12.2. The van der Waals surface area contributed by atoms with E-state index in [1.165, 1.54) is 30.5 Å². The van der Waals surface area contributed by atoms with Crippen LogP contribution in [0.4, 0.5) is 0 Å². The quantitative estimate of drug-likeness (QED) is 0.769. The van der Waals surface area contributed by atoms with E-state index in [0.29, 0.717) is 5.92 Å². The molecule has 1 heterocycles. The zero-order valence-electron chi connectivity index (χ0n) is 11.8. The largest absolute Gasteiger partial charge is 0.385 e. The number of allylic oxidation sites excluding steroid dienone is 5. The fraction of sp³-hybridized carbons (Fsp3) is 0.588. The van der Waals surface area contributed by atoms with E-state index in [-0.39, 0.29) is 17.2 Å². The maximum Gasteiger partial charge on any atom is 0.220 e. The molecule has 3 heteroatoms. The minimum absolute atomic E-state index is 0.0788. The van der Waals surface area contributed by atoms with Crippen LogP contribution in [0.2, 0.25) is 0 Å². The molecule has 0 aromatic carbocycles. The summed E-state index contributed by atoms with van der Waals surface area (Å²) in [6, 6.07) is 0. The first-order chi connectivity index (χ1) is 9.71. The summed E-state index contributed by atoms with van der Waals surface area (Å²) in [6.45, 7) is 1.06. The van der Waals surface area contributed by atoms with Gasteiger partial charge in [0.25, 0.3) is 0 Å². The van der Waals surface area contributed by atoms with Gasteiger partial charge in [0.15, 0.2) is 0 Å². The van der Waals surface area contributed by atoms with E-state index >= 15 is 0 Å². The zero-order chi connectivity index (χ0) is 13.7. The maximum atomic E-state index is 11.6. The Balaban J connectivity index is 1.79. The van der Waals surface area contributed by atoms with Crippen molar-refractivity contribution in [2.24, 2.45) is 23.0 Å². The van der Waals surface area contributed by atoms with E-state index in [2.05, 4.69) is 23.5 Å². The fourth-order valence-corrected chi connectivity index (χ4v) is 4.91. The first-order valence-corrected chi connectivity index (χ1v) is 7.86. The summed E-state index contributed by atoms with van der Waals surface area (Å²) in [6.07, 6.45) is 13.5. The number of nitrogens with one attached hydrogen (secondary N) is 1. The Morgan fingerprint density at radius 3 is 3.15 bits per heavy atom. The smallest absolute Gasteiger partial charge is 0.220 e. The second-order valence-electron chi connectivity index (χ2n) is 6.75. The molecule has 0 spiro atoms. The summed E-state index contributed by atoms with van der Waals surface area (Å²) in [5.74, 6) is 0.520. The van der Waals surface area contributed by atoms with Gasteiger partial charge in [-0.15, -0.1) is 0 Å². The van der Waals surface area contributed by atoms with Crippen molar-refractivity contribution < 1.29 is 4.79 Å². The van der Waals surface area contributed by atoms with Crippen molar-refractivity contribution in [1.29, 1.82) is 0 Å². The van der Waals surface area contributed by atoms with Crippen molar-refractivity contribution in [2.45, 2.75) is 38.5 Å². The van der Waals surface area contributed by atoms with Gasteiger partial charge in [0.05, 0.1) is 0 Å². The standard InChI is InChI=1S/C17H22N2O/c18-16(20)12-5-4-11-10-15-13-3-1-2-6-17(13,7-8-19-15)14(11)9-12/h1,3,10,12,14,19H,2,4-9H2,(H2,18,20). The summed E-state index contributed by atoms with van der Waals surface area (Å²) in [5.41, 5.74) is 10.3. The molecule has 3 aliphatic carbocycles. The number of nitrogens with two attached hydrogens (primary N) is 1. The summed E-state index contributed by atoms with van der Waals surface area (Å²) in [4.78, 5) is 11.6. The van der Waals surface area contributed by atoms with Gasteiger partial charge in [0.2, 0.25) is 5.91 Å². The normalized spacial score (nSPS) is 38.5. The number of fused-ring (bicyclic) bond motifs is 1. The topological polar surface area (TPSA) is 55.1 Å². The first-order valence-electron chi connectivity index (χ1n) is 7.86. The Kier molecular flexibility index (Phi) is 2.60. The minimum atomic E-state index is -0.0999. The van der Waals surface area contributed by atoms with Crippen molar-refractivity contribution in [1.82, 2.24) is 5.32 Å². The van der Waals surface area contributed by atoms with Crippen LogP contribution in [0, 0.1) is 17.3 Å². The van der Waals surface area contributed by atoms with Gasteiger partial charge >= 0.3 is 0 Å². The molecule has 0 radical (unpaired) electrons. The number of hydrogen-bond acceptors (Lipinski definition) is 2. The van der Waals surface area contributed by atoms with Crippen LogP contribution >= 0.6 is 0 Å². The van der Waals surface area contributed by atoms with Crippen LogP contribution in [0.1, 0.15) is 38.5 Å². The molecule has 106 valence electrons. The molecular weight excluding hydrogens is 248 g/mol. The molecule has 20 heavy (non-hydrogen) atoms. The van der Waals surface area contributed by atoms with Crippen LogP contribution < -0.4 is 11.1 Å². The Morgan fingerprint density at radius 2 is 2.30 bits per heavy atom. The van der Waals surface area contributed by atoms with Crippen molar-refractivity contribution in [3.63, 3.8) is 0 Å². The van der Waals surface area contributed by atoms with E-state index in [4.69, 9.17) is 5.73 Å². The molecule has 3 nitrogen and oxygen atoms in total. The molecule has 3 N–H and O–H groups in total. The molecule has 3 atom stereocenters. The summed E-state index contributed by atoms with van der Waals surface area (Å²) in [7, 11) is 0. The molecular formula is C17H22N2O. The third kappa shape index (κ3) is 1.55.